The van der Waals surface area contributed by atoms with Gasteiger partial charge in [-0.1, -0.05) is 24.3 Å². The van der Waals surface area contributed by atoms with E-state index in [1.54, 1.807) is 18.2 Å². The summed E-state index contributed by atoms with van der Waals surface area (Å²) >= 11 is 0.577. The van der Waals surface area contributed by atoms with Gasteiger partial charge in [-0.05, 0) is 23.8 Å². The van der Waals surface area contributed by atoms with E-state index in [0.29, 0.717) is 22.2 Å². The Kier molecular flexibility index (Phi) is 6.40. The predicted molar refractivity (Wildman–Crippen MR) is 94.0 cm³/mol. The molecule has 0 bridgehead atoms. The molecule has 2 aromatic carbocycles. The molecule has 0 aliphatic rings. The molecule has 0 radical (unpaired) electrons. The van der Waals surface area contributed by atoms with E-state index in [0.717, 1.165) is 6.08 Å². The van der Waals surface area contributed by atoms with E-state index < -0.39 is 22.8 Å². The number of hydrogen-bond acceptors (Lipinski definition) is 4. The highest BCUT2D eigenvalue weighted by molar-refractivity contribution is 7.99. The van der Waals surface area contributed by atoms with Gasteiger partial charge in [-0.15, -0.1) is 11.8 Å². The number of anilines is 1. The molecule has 5 nitrogen and oxygen atoms in total. The van der Waals surface area contributed by atoms with E-state index in [1.165, 1.54) is 36.4 Å². The number of hydrogen-bond donors (Lipinski definition) is 1. The van der Waals surface area contributed by atoms with Crippen LogP contribution in [0.5, 0.6) is 0 Å². The first kappa shape index (κ1) is 19.5. The number of alkyl halides is 3. The van der Waals surface area contributed by atoms with Crippen LogP contribution in [0.3, 0.4) is 0 Å². The maximum absolute atomic E-state index is 12.4. The van der Waals surface area contributed by atoms with Gasteiger partial charge in [0.2, 0.25) is 5.91 Å². The number of halogens is 3. The molecule has 0 saturated heterocycles. The number of para-hydroxylation sites is 1. The van der Waals surface area contributed by atoms with Gasteiger partial charge in [0.25, 0.3) is 5.69 Å². The van der Waals surface area contributed by atoms with Gasteiger partial charge in [0.1, 0.15) is 0 Å². The molecular weight excluding hydrogens is 369 g/mol. The fourth-order valence-corrected chi connectivity index (χ4v) is 2.71. The number of carbonyl (C=O) groups excluding carboxylic acids is 1. The fourth-order valence-electron chi connectivity index (χ4n) is 1.94. The van der Waals surface area contributed by atoms with Crippen LogP contribution in [-0.2, 0) is 4.79 Å². The van der Waals surface area contributed by atoms with Gasteiger partial charge >= 0.3 is 6.18 Å². The quantitative estimate of drug-likeness (QED) is 0.334. The lowest BCUT2D eigenvalue weighted by molar-refractivity contribution is -0.384. The Morgan fingerprint density at radius 3 is 2.62 bits per heavy atom. The number of nitro groups is 1. The number of nitrogens with zero attached hydrogens (tertiary/aromatic N) is 1. The number of carbonyl (C=O) groups is 1. The molecule has 2 rings (SSSR count). The highest BCUT2D eigenvalue weighted by atomic mass is 32.2. The fraction of sp³-hybridized carbons (Fsp3) is 0.118. The maximum atomic E-state index is 12.4. The van der Waals surface area contributed by atoms with Gasteiger partial charge in [0.05, 0.1) is 16.4 Å². The molecule has 1 N–H and O–H groups in total. The summed E-state index contributed by atoms with van der Waals surface area (Å²) in [6, 6.07) is 11.9. The minimum Gasteiger partial charge on any atom is -0.321 e. The molecule has 136 valence electrons. The summed E-state index contributed by atoms with van der Waals surface area (Å²) < 4.78 is 37.1. The number of nitro benzene ring substituents is 1. The lowest BCUT2D eigenvalue weighted by atomic mass is 10.2. The summed E-state index contributed by atoms with van der Waals surface area (Å²) in [5.41, 5.74) is 0.603. The Morgan fingerprint density at radius 1 is 1.19 bits per heavy atom. The van der Waals surface area contributed by atoms with Crippen molar-refractivity contribution < 1.29 is 22.9 Å². The molecular formula is C17H13F3N2O3S. The molecule has 1 amide bonds. The minimum atomic E-state index is -4.32. The topological polar surface area (TPSA) is 72.2 Å². The molecule has 26 heavy (non-hydrogen) atoms. The zero-order valence-electron chi connectivity index (χ0n) is 13.2. The molecule has 0 atom stereocenters. The third-order valence-electron chi connectivity index (χ3n) is 3.04. The van der Waals surface area contributed by atoms with Crippen LogP contribution in [0.1, 0.15) is 5.56 Å². The van der Waals surface area contributed by atoms with Crippen molar-refractivity contribution in [3.63, 3.8) is 0 Å². The highest BCUT2D eigenvalue weighted by Gasteiger charge is 2.27. The second-order valence-corrected chi connectivity index (χ2v) is 6.09. The first-order valence-electron chi connectivity index (χ1n) is 7.27. The molecule has 0 heterocycles. The number of benzene rings is 2. The maximum Gasteiger partial charge on any atom is 0.398 e. The van der Waals surface area contributed by atoms with Crippen molar-refractivity contribution in [1.29, 1.82) is 0 Å². The van der Waals surface area contributed by atoms with E-state index in [9.17, 15) is 28.1 Å². The third kappa shape index (κ3) is 6.25. The van der Waals surface area contributed by atoms with E-state index in [2.05, 4.69) is 5.32 Å². The van der Waals surface area contributed by atoms with Crippen molar-refractivity contribution in [2.45, 2.75) is 11.1 Å². The minimum absolute atomic E-state index is 0.110. The van der Waals surface area contributed by atoms with Crippen LogP contribution in [0.25, 0.3) is 6.08 Å². The largest absolute Gasteiger partial charge is 0.398 e. The molecule has 0 saturated carbocycles. The van der Waals surface area contributed by atoms with Crippen LogP contribution in [0, 0.1) is 10.1 Å². The van der Waals surface area contributed by atoms with E-state index in [1.807, 2.05) is 0 Å². The van der Waals surface area contributed by atoms with Crippen molar-refractivity contribution in [3.05, 3.63) is 70.3 Å². The zero-order valence-corrected chi connectivity index (χ0v) is 14.0. The zero-order chi connectivity index (χ0) is 19.2. The lowest BCUT2D eigenvalue weighted by Crippen LogP contribution is -2.12. The van der Waals surface area contributed by atoms with Gasteiger partial charge in [-0.2, -0.15) is 13.2 Å². The Bertz CT molecular complexity index is 838. The van der Waals surface area contributed by atoms with Gasteiger partial charge in [-0.25, -0.2) is 0 Å². The van der Waals surface area contributed by atoms with Crippen molar-refractivity contribution >= 4 is 35.1 Å². The van der Waals surface area contributed by atoms with Crippen LogP contribution < -0.4 is 5.32 Å². The molecule has 0 unspecified atom stereocenters. The normalized spacial score (nSPS) is 11.5. The Labute approximate surface area is 151 Å². The summed E-state index contributed by atoms with van der Waals surface area (Å²) in [4.78, 5) is 22.5. The van der Waals surface area contributed by atoms with Crippen LogP contribution in [0.15, 0.2) is 59.5 Å². The predicted octanol–water partition coefficient (Wildman–Crippen LogP) is 4.90. The van der Waals surface area contributed by atoms with Gasteiger partial charge < -0.3 is 5.32 Å². The standard InChI is InChI=1S/C17H13F3N2O3S/c18-17(19,20)11-26-15-7-2-1-6-14(15)21-16(23)9-8-12-4-3-5-13(10-12)22(24)25/h1-10H,11H2,(H,21,23)/b9-8+. The molecule has 0 fully saturated rings. The van der Waals surface area contributed by atoms with Crippen molar-refractivity contribution in [3.8, 4) is 0 Å². The number of thioether (sulfide) groups is 1. The van der Waals surface area contributed by atoms with Crippen LogP contribution >= 0.6 is 11.8 Å². The average molecular weight is 382 g/mol. The second-order valence-electron chi connectivity index (χ2n) is 5.07. The van der Waals surface area contributed by atoms with Crippen LogP contribution in [0.4, 0.5) is 24.5 Å². The molecule has 2 aromatic rings. The van der Waals surface area contributed by atoms with Crippen molar-refractivity contribution in [2.24, 2.45) is 0 Å². The summed E-state index contributed by atoms with van der Waals surface area (Å²) in [7, 11) is 0. The van der Waals surface area contributed by atoms with Crippen LogP contribution in [-0.4, -0.2) is 22.8 Å². The molecule has 0 aliphatic heterocycles. The summed E-state index contributed by atoms with van der Waals surface area (Å²) in [6.07, 6.45) is -1.78. The monoisotopic (exact) mass is 382 g/mol. The number of non-ortho nitro benzene ring substituents is 1. The summed E-state index contributed by atoms with van der Waals surface area (Å²) in [6.45, 7) is 0. The molecule has 0 spiro atoms. The first-order chi connectivity index (χ1) is 12.2. The van der Waals surface area contributed by atoms with Crippen LogP contribution in [0.2, 0.25) is 0 Å². The number of rotatable bonds is 6. The van der Waals surface area contributed by atoms with Gasteiger partial charge in [0, 0.05) is 23.1 Å². The van der Waals surface area contributed by atoms with E-state index in [4.69, 9.17) is 0 Å². The molecule has 0 aromatic heterocycles. The molecule has 9 heteroatoms. The Hall–Kier alpha value is -2.81. The highest BCUT2D eigenvalue weighted by Crippen LogP contribution is 2.32. The number of nitrogens with one attached hydrogen (secondary N) is 1. The SMILES string of the molecule is O=C(/C=C/c1cccc([N+](=O)[O-])c1)Nc1ccccc1SCC(F)(F)F. The Morgan fingerprint density at radius 2 is 1.92 bits per heavy atom. The molecule has 0 aliphatic carbocycles. The Balaban J connectivity index is 2.06. The third-order valence-corrected chi connectivity index (χ3v) is 4.18. The second kappa shape index (κ2) is 8.52. The van der Waals surface area contributed by atoms with Crippen molar-refractivity contribution in [1.82, 2.24) is 0 Å². The number of amides is 1. The van der Waals surface area contributed by atoms with Gasteiger partial charge in [-0.3, -0.25) is 14.9 Å². The average Bonchev–Trinajstić information content (AvgIpc) is 2.59. The first-order valence-corrected chi connectivity index (χ1v) is 8.25. The summed E-state index contributed by atoms with van der Waals surface area (Å²) in [5, 5.41) is 13.2. The lowest BCUT2D eigenvalue weighted by Gasteiger charge is -2.10. The summed E-state index contributed by atoms with van der Waals surface area (Å²) in [5.74, 6) is -1.62. The smallest absolute Gasteiger partial charge is 0.321 e. The van der Waals surface area contributed by atoms with Crippen molar-refractivity contribution in [2.75, 3.05) is 11.1 Å². The van der Waals surface area contributed by atoms with E-state index >= 15 is 0 Å². The van der Waals surface area contributed by atoms with Gasteiger partial charge in [0.15, 0.2) is 0 Å². The van der Waals surface area contributed by atoms with E-state index in [-0.39, 0.29) is 11.4 Å².